The van der Waals surface area contributed by atoms with Gasteiger partial charge in [-0.05, 0) is 19.1 Å². The molecule has 2 rings (SSSR count). The summed E-state index contributed by atoms with van der Waals surface area (Å²) in [6.07, 6.45) is 3.75. The summed E-state index contributed by atoms with van der Waals surface area (Å²) in [6, 6.07) is 5.53. The van der Waals surface area contributed by atoms with Gasteiger partial charge in [0, 0.05) is 18.9 Å². The number of aromatic nitrogens is 2. The molecule has 0 saturated heterocycles. The van der Waals surface area contributed by atoms with Crippen LogP contribution in [0, 0.1) is 0 Å². The standard InChI is InChI=1S/C12H13Cl2N3/c1-2-17-7-6-15-11(17)8-16-10-5-3-4-9(13)12(10)14/h3-7,16H,2,8H2,1H3. The van der Waals surface area contributed by atoms with Gasteiger partial charge in [-0.3, -0.25) is 0 Å². The van der Waals surface area contributed by atoms with Crippen molar-refractivity contribution in [3.63, 3.8) is 0 Å². The van der Waals surface area contributed by atoms with Crippen molar-refractivity contribution in [3.05, 3.63) is 46.5 Å². The van der Waals surface area contributed by atoms with Crippen LogP contribution in [0.25, 0.3) is 0 Å². The lowest BCUT2D eigenvalue weighted by atomic mass is 10.3. The number of nitrogens with one attached hydrogen (secondary N) is 1. The highest BCUT2D eigenvalue weighted by Crippen LogP contribution is 2.29. The van der Waals surface area contributed by atoms with Crippen LogP contribution in [0.4, 0.5) is 5.69 Å². The van der Waals surface area contributed by atoms with Gasteiger partial charge in [0.25, 0.3) is 0 Å². The SMILES string of the molecule is CCn1ccnc1CNc1cccc(Cl)c1Cl. The van der Waals surface area contributed by atoms with Crippen molar-refractivity contribution in [2.75, 3.05) is 5.32 Å². The number of anilines is 1. The summed E-state index contributed by atoms with van der Waals surface area (Å²) >= 11 is 12.0. The molecule has 0 aliphatic rings. The monoisotopic (exact) mass is 269 g/mol. The maximum absolute atomic E-state index is 6.09. The molecule has 2 aromatic rings. The topological polar surface area (TPSA) is 29.9 Å². The second-order valence-electron chi connectivity index (χ2n) is 3.58. The summed E-state index contributed by atoms with van der Waals surface area (Å²) in [5.41, 5.74) is 0.824. The maximum Gasteiger partial charge on any atom is 0.128 e. The molecule has 3 nitrogen and oxygen atoms in total. The molecule has 1 heterocycles. The van der Waals surface area contributed by atoms with Crippen LogP contribution in [0.2, 0.25) is 10.0 Å². The largest absolute Gasteiger partial charge is 0.377 e. The molecule has 1 aromatic heterocycles. The number of hydrogen-bond acceptors (Lipinski definition) is 2. The minimum absolute atomic E-state index is 0.545. The van der Waals surface area contributed by atoms with Crippen LogP contribution in [0.15, 0.2) is 30.6 Å². The predicted octanol–water partition coefficient (Wildman–Crippen LogP) is 3.82. The van der Waals surface area contributed by atoms with Gasteiger partial charge in [0.2, 0.25) is 0 Å². The van der Waals surface area contributed by atoms with Crippen LogP contribution in [0.1, 0.15) is 12.7 Å². The van der Waals surface area contributed by atoms with E-state index in [1.807, 2.05) is 18.3 Å². The van der Waals surface area contributed by atoms with Crippen LogP contribution in [0.3, 0.4) is 0 Å². The van der Waals surface area contributed by atoms with Gasteiger partial charge >= 0.3 is 0 Å². The highest BCUT2D eigenvalue weighted by atomic mass is 35.5. The van der Waals surface area contributed by atoms with Crippen molar-refractivity contribution in [3.8, 4) is 0 Å². The average Bonchev–Trinajstić information content (AvgIpc) is 2.78. The molecular weight excluding hydrogens is 257 g/mol. The lowest BCUT2D eigenvalue weighted by Crippen LogP contribution is -2.07. The van der Waals surface area contributed by atoms with Gasteiger partial charge in [0.1, 0.15) is 5.82 Å². The third kappa shape index (κ3) is 2.73. The van der Waals surface area contributed by atoms with E-state index in [1.165, 1.54) is 0 Å². The van der Waals surface area contributed by atoms with Crippen molar-refractivity contribution in [2.45, 2.75) is 20.0 Å². The van der Waals surface area contributed by atoms with E-state index in [4.69, 9.17) is 23.2 Å². The second kappa shape index (κ2) is 5.43. The third-order valence-corrected chi connectivity index (χ3v) is 3.35. The smallest absolute Gasteiger partial charge is 0.128 e. The van der Waals surface area contributed by atoms with Gasteiger partial charge in [-0.25, -0.2) is 4.98 Å². The van der Waals surface area contributed by atoms with Crippen molar-refractivity contribution in [1.82, 2.24) is 9.55 Å². The van der Waals surface area contributed by atoms with Gasteiger partial charge in [0.15, 0.2) is 0 Å². The van der Waals surface area contributed by atoms with Crippen LogP contribution < -0.4 is 5.32 Å². The number of rotatable bonds is 4. The van der Waals surface area contributed by atoms with Crippen LogP contribution >= 0.6 is 23.2 Å². The minimum atomic E-state index is 0.545. The number of hydrogen-bond donors (Lipinski definition) is 1. The molecule has 0 radical (unpaired) electrons. The number of benzene rings is 1. The van der Waals surface area contributed by atoms with Gasteiger partial charge < -0.3 is 9.88 Å². The fourth-order valence-electron chi connectivity index (χ4n) is 1.61. The molecule has 5 heteroatoms. The summed E-state index contributed by atoms with van der Waals surface area (Å²) in [5, 5.41) is 4.33. The van der Waals surface area contributed by atoms with Gasteiger partial charge in [-0.15, -0.1) is 0 Å². The predicted molar refractivity (Wildman–Crippen MR) is 71.7 cm³/mol. The Morgan fingerprint density at radius 1 is 1.35 bits per heavy atom. The summed E-state index contributed by atoms with van der Waals surface area (Å²) in [6.45, 7) is 3.61. The Bertz CT molecular complexity index is 508. The van der Waals surface area contributed by atoms with E-state index < -0.39 is 0 Å². The first-order valence-corrected chi connectivity index (χ1v) is 6.16. The van der Waals surface area contributed by atoms with Crippen LogP contribution in [-0.4, -0.2) is 9.55 Å². The highest BCUT2D eigenvalue weighted by molar-refractivity contribution is 6.43. The summed E-state index contributed by atoms with van der Waals surface area (Å²) in [5.74, 6) is 0.976. The zero-order valence-electron chi connectivity index (χ0n) is 9.45. The molecule has 1 N–H and O–H groups in total. The molecule has 0 unspecified atom stereocenters. The van der Waals surface area contributed by atoms with Crippen molar-refractivity contribution < 1.29 is 0 Å². The number of imidazole rings is 1. The van der Waals surface area contributed by atoms with E-state index in [2.05, 4.69) is 21.8 Å². The van der Waals surface area contributed by atoms with E-state index in [-0.39, 0.29) is 0 Å². The zero-order chi connectivity index (χ0) is 12.3. The molecule has 0 fully saturated rings. The molecule has 0 atom stereocenters. The van der Waals surface area contributed by atoms with E-state index >= 15 is 0 Å². The van der Waals surface area contributed by atoms with E-state index in [9.17, 15) is 0 Å². The fourth-order valence-corrected chi connectivity index (χ4v) is 1.98. The molecule has 17 heavy (non-hydrogen) atoms. The Morgan fingerprint density at radius 3 is 2.94 bits per heavy atom. The number of aryl methyl sites for hydroxylation is 1. The first-order valence-electron chi connectivity index (χ1n) is 5.40. The first-order chi connectivity index (χ1) is 8.22. The second-order valence-corrected chi connectivity index (χ2v) is 4.37. The Labute approximate surface area is 110 Å². The summed E-state index contributed by atoms with van der Waals surface area (Å²) in [4.78, 5) is 4.28. The third-order valence-electron chi connectivity index (χ3n) is 2.53. The molecular formula is C12H13Cl2N3. The number of halogens is 2. The highest BCUT2D eigenvalue weighted by Gasteiger charge is 2.05. The quantitative estimate of drug-likeness (QED) is 0.915. The van der Waals surface area contributed by atoms with E-state index in [0.29, 0.717) is 16.6 Å². The molecule has 0 bridgehead atoms. The van der Waals surface area contributed by atoms with Crippen molar-refractivity contribution in [1.29, 1.82) is 0 Å². The Morgan fingerprint density at radius 2 is 2.18 bits per heavy atom. The minimum Gasteiger partial charge on any atom is -0.377 e. The molecule has 1 aromatic carbocycles. The molecule has 0 spiro atoms. The van der Waals surface area contributed by atoms with Gasteiger partial charge in [-0.2, -0.15) is 0 Å². The summed E-state index contributed by atoms with van der Waals surface area (Å²) < 4.78 is 2.07. The first kappa shape index (κ1) is 12.3. The Hall–Kier alpha value is -1.19. The van der Waals surface area contributed by atoms with Crippen LogP contribution in [-0.2, 0) is 13.1 Å². The number of nitrogens with zero attached hydrogens (tertiary/aromatic N) is 2. The normalized spacial score (nSPS) is 10.5. The Kier molecular flexibility index (Phi) is 3.92. The molecule has 90 valence electrons. The fraction of sp³-hybridized carbons (Fsp3) is 0.250. The maximum atomic E-state index is 6.09. The van der Waals surface area contributed by atoms with Crippen molar-refractivity contribution >= 4 is 28.9 Å². The van der Waals surface area contributed by atoms with Crippen molar-refractivity contribution in [2.24, 2.45) is 0 Å². The van der Waals surface area contributed by atoms with Gasteiger partial charge in [0.05, 0.1) is 22.3 Å². The summed E-state index contributed by atoms with van der Waals surface area (Å²) in [7, 11) is 0. The molecule has 0 aliphatic heterocycles. The molecule has 0 aliphatic carbocycles. The lowest BCUT2D eigenvalue weighted by molar-refractivity contribution is 0.708. The lowest BCUT2D eigenvalue weighted by Gasteiger charge is -2.10. The van der Waals surface area contributed by atoms with E-state index in [0.717, 1.165) is 18.1 Å². The molecule has 0 saturated carbocycles. The van der Waals surface area contributed by atoms with Gasteiger partial charge in [-0.1, -0.05) is 29.3 Å². The molecule has 0 amide bonds. The Balaban J connectivity index is 2.10. The van der Waals surface area contributed by atoms with E-state index in [1.54, 1.807) is 12.3 Å². The zero-order valence-corrected chi connectivity index (χ0v) is 11.0. The average molecular weight is 270 g/mol. The van der Waals surface area contributed by atoms with Crippen LogP contribution in [0.5, 0.6) is 0 Å².